The van der Waals surface area contributed by atoms with E-state index in [2.05, 4.69) is 99.9 Å². The first-order valence-corrected chi connectivity index (χ1v) is 10.9. The van der Waals surface area contributed by atoms with Gasteiger partial charge in [0, 0.05) is 37.3 Å². The number of rotatable bonds is 5. The predicted molar refractivity (Wildman–Crippen MR) is 123 cm³/mol. The molecular formula is C26H38N2O. The summed E-state index contributed by atoms with van der Waals surface area (Å²) < 4.78 is 5.32. The van der Waals surface area contributed by atoms with Gasteiger partial charge in [0.1, 0.15) is 5.75 Å². The van der Waals surface area contributed by atoms with Crippen molar-refractivity contribution in [2.24, 2.45) is 0 Å². The van der Waals surface area contributed by atoms with Gasteiger partial charge in [0.2, 0.25) is 0 Å². The Morgan fingerprint density at radius 1 is 1.00 bits per heavy atom. The van der Waals surface area contributed by atoms with E-state index < -0.39 is 0 Å². The topological polar surface area (TPSA) is 15.7 Å². The maximum Gasteiger partial charge on any atom is 0.118 e. The Labute approximate surface area is 177 Å². The van der Waals surface area contributed by atoms with Crippen LogP contribution in [-0.2, 0) is 6.54 Å². The first-order valence-electron chi connectivity index (χ1n) is 10.9. The fourth-order valence-corrected chi connectivity index (χ4v) is 4.56. The number of hydrogen-bond acceptors (Lipinski definition) is 3. The quantitative estimate of drug-likeness (QED) is 0.631. The number of ether oxygens (including phenoxy) is 1. The standard InChI is InChI=1S/C26H38N2O/c1-19(2)23-10-8-9-11-24(23)25-18-27(20(3)16-28(25)26(4,5)6)17-21-12-14-22(29-7)15-13-21/h8-15,19-20,25H,16-18H2,1-7H3. The molecule has 3 rings (SSSR count). The van der Waals surface area contributed by atoms with Crippen molar-refractivity contribution in [2.45, 2.75) is 71.6 Å². The molecule has 0 radical (unpaired) electrons. The van der Waals surface area contributed by atoms with Crippen LogP contribution < -0.4 is 4.74 Å². The normalized spacial score (nSPS) is 21.5. The highest BCUT2D eigenvalue weighted by molar-refractivity contribution is 5.34. The number of hydrogen-bond donors (Lipinski definition) is 0. The van der Waals surface area contributed by atoms with E-state index in [0.717, 1.165) is 25.4 Å². The molecule has 29 heavy (non-hydrogen) atoms. The van der Waals surface area contributed by atoms with Gasteiger partial charge >= 0.3 is 0 Å². The number of benzene rings is 2. The van der Waals surface area contributed by atoms with E-state index in [9.17, 15) is 0 Å². The molecule has 0 N–H and O–H groups in total. The van der Waals surface area contributed by atoms with Crippen LogP contribution in [0.2, 0.25) is 0 Å². The molecule has 0 amide bonds. The summed E-state index contributed by atoms with van der Waals surface area (Å²) >= 11 is 0. The second-order valence-electron chi connectivity index (χ2n) is 9.75. The summed E-state index contributed by atoms with van der Waals surface area (Å²) in [6.07, 6.45) is 0. The molecular weight excluding hydrogens is 356 g/mol. The van der Waals surface area contributed by atoms with Gasteiger partial charge in [0.25, 0.3) is 0 Å². The van der Waals surface area contributed by atoms with E-state index in [1.54, 1.807) is 7.11 Å². The van der Waals surface area contributed by atoms with Crippen LogP contribution in [0.4, 0.5) is 0 Å². The van der Waals surface area contributed by atoms with Gasteiger partial charge in [-0.1, -0.05) is 50.2 Å². The maximum atomic E-state index is 5.32. The Morgan fingerprint density at radius 2 is 1.66 bits per heavy atom. The fraction of sp³-hybridized carbons (Fsp3) is 0.538. The Bertz CT molecular complexity index is 791. The summed E-state index contributed by atoms with van der Waals surface area (Å²) in [6.45, 7) is 17.1. The summed E-state index contributed by atoms with van der Waals surface area (Å²) in [5, 5.41) is 0. The number of piperazine rings is 1. The molecule has 1 saturated heterocycles. The highest BCUT2D eigenvalue weighted by Crippen LogP contribution is 2.37. The summed E-state index contributed by atoms with van der Waals surface area (Å²) in [6, 6.07) is 18.5. The Morgan fingerprint density at radius 3 is 2.24 bits per heavy atom. The van der Waals surface area contributed by atoms with Crippen LogP contribution in [-0.4, -0.2) is 41.6 Å². The molecule has 1 aliphatic rings. The molecule has 2 unspecified atom stereocenters. The zero-order chi connectivity index (χ0) is 21.2. The Hall–Kier alpha value is -1.84. The molecule has 1 aliphatic heterocycles. The van der Waals surface area contributed by atoms with Crippen LogP contribution in [0.25, 0.3) is 0 Å². The molecule has 0 bridgehead atoms. The molecule has 2 aromatic carbocycles. The van der Waals surface area contributed by atoms with Crippen molar-refractivity contribution < 1.29 is 4.74 Å². The van der Waals surface area contributed by atoms with Crippen molar-refractivity contribution in [3.05, 3.63) is 65.2 Å². The smallest absolute Gasteiger partial charge is 0.118 e. The summed E-state index contributed by atoms with van der Waals surface area (Å²) in [7, 11) is 1.72. The van der Waals surface area contributed by atoms with Crippen molar-refractivity contribution in [1.82, 2.24) is 9.80 Å². The van der Waals surface area contributed by atoms with Crippen molar-refractivity contribution in [3.8, 4) is 5.75 Å². The van der Waals surface area contributed by atoms with Gasteiger partial charge in [-0.3, -0.25) is 9.80 Å². The van der Waals surface area contributed by atoms with Gasteiger partial charge in [0.15, 0.2) is 0 Å². The number of methoxy groups -OCH3 is 1. The second kappa shape index (κ2) is 8.89. The lowest BCUT2D eigenvalue weighted by molar-refractivity contribution is -0.0233. The van der Waals surface area contributed by atoms with Crippen molar-refractivity contribution >= 4 is 0 Å². The molecule has 3 heteroatoms. The van der Waals surface area contributed by atoms with E-state index in [0.29, 0.717) is 18.0 Å². The van der Waals surface area contributed by atoms with Gasteiger partial charge in [0.05, 0.1) is 7.11 Å². The maximum absolute atomic E-state index is 5.32. The zero-order valence-corrected chi connectivity index (χ0v) is 19.3. The average Bonchev–Trinajstić information content (AvgIpc) is 2.69. The van der Waals surface area contributed by atoms with Crippen LogP contribution in [0.5, 0.6) is 5.75 Å². The van der Waals surface area contributed by atoms with Gasteiger partial charge in [-0.05, 0) is 62.4 Å². The van der Waals surface area contributed by atoms with Crippen molar-refractivity contribution in [3.63, 3.8) is 0 Å². The lowest BCUT2D eigenvalue weighted by Gasteiger charge is -2.51. The molecule has 3 nitrogen and oxygen atoms in total. The molecule has 1 fully saturated rings. The van der Waals surface area contributed by atoms with Gasteiger partial charge in [-0.2, -0.15) is 0 Å². The van der Waals surface area contributed by atoms with E-state index in [1.807, 2.05) is 0 Å². The fourth-order valence-electron chi connectivity index (χ4n) is 4.56. The minimum Gasteiger partial charge on any atom is -0.497 e. The van der Waals surface area contributed by atoms with E-state index in [-0.39, 0.29) is 5.54 Å². The molecule has 2 aromatic rings. The highest BCUT2D eigenvalue weighted by Gasteiger charge is 2.38. The molecule has 1 heterocycles. The average molecular weight is 395 g/mol. The van der Waals surface area contributed by atoms with Crippen molar-refractivity contribution in [2.75, 3.05) is 20.2 Å². The largest absolute Gasteiger partial charge is 0.497 e. The van der Waals surface area contributed by atoms with Crippen LogP contribution >= 0.6 is 0 Å². The molecule has 0 saturated carbocycles. The molecule has 0 aliphatic carbocycles. The minimum atomic E-state index is 0.134. The molecule has 0 aromatic heterocycles. The third kappa shape index (κ3) is 5.02. The molecule has 2 atom stereocenters. The first kappa shape index (κ1) is 21.9. The van der Waals surface area contributed by atoms with Crippen LogP contribution in [0, 0.1) is 0 Å². The number of nitrogens with zero attached hydrogens (tertiary/aromatic N) is 2. The highest BCUT2D eigenvalue weighted by atomic mass is 16.5. The molecule has 158 valence electrons. The minimum absolute atomic E-state index is 0.134. The summed E-state index contributed by atoms with van der Waals surface area (Å²) in [5.74, 6) is 1.45. The van der Waals surface area contributed by atoms with Gasteiger partial charge in [-0.25, -0.2) is 0 Å². The first-order chi connectivity index (χ1) is 13.7. The zero-order valence-electron chi connectivity index (χ0n) is 19.3. The lowest BCUT2D eigenvalue weighted by Crippen LogP contribution is -2.58. The van der Waals surface area contributed by atoms with Crippen LogP contribution in [0.1, 0.15) is 70.2 Å². The van der Waals surface area contributed by atoms with E-state index in [4.69, 9.17) is 4.74 Å². The van der Waals surface area contributed by atoms with Crippen LogP contribution in [0.3, 0.4) is 0 Å². The third-order valence-electron chi connectivity index (χ3n) is 6.25. The Kier molecular flexibility index (Phi) is 6.70. The second-order valence-corrected chi connectivity index (χ2v) is 9.75. The summed E-state index contributed by atoms with van der Waals surface area (Å²) in [5.41, 5.74) is 4.45. The lowest BCUT2D eigenvalue weighted by atomic mass is 9.87. The van der Waals surface area contributed by atoms with E-state index in [1.165, 1.54) is 16.7 Å². The molecule has 0 spiro atoms. The predicted octanol–water partition coefficient (Wildman–Crippen LogP) is 5.86. The van der Waals surface area contributed by atoms with Gasteiger partial charge in [-0.15, -0.1) is 0 Å². The SMILES string of the molecule is COc1ccc(CN2CC(c3ccccc3C(C)C)N(C(C)(C)C)CC2C)cc1. The Balaban J connectivity index is 1.91. The summed E-state index contributed by atoms with van der Waals surface area (Å²) in [4.78, 5) is 5.36. The van der Waals surface area contributed by atoms with E-state index >= 15 is 0 Å². The third-order valence-corrected chi connectivity index (χ3v) is 6.25. The monoisotopic (exact) mass is 394 g/mol. The van der Waals surface area contributed by atoms with Gasteiger partial charge < -0.3 is 4.74 Å². The van der Waals surface area contributed by atoms with Crippen LogP contribution in [0.15, 0.2) is 48.5 Å². The van der Waals surface area contributed by atoms with Crippen molar-refractivity contribution in [1.29, 1.82) is 0 Å².